The molecule has 14 heavy (non-hydrogen) atoms. The lowest BCUT2D eigenvalue weighted by molar-refractivity contribution is -0.131. The van der Waals surface area contributed by atoms with Gasteiger partial charge in [0, 0.05) is 23.5 Å². The van der Waals surface area contributed by atoms with Gasteiger partial charge in [-0.25, -0.2) is 4.79 Å². The van der Waals surface area contributed by atoms with Crippen LogP contribution in [-0.2, 0) is 4.79 Å². The van der Waals surface area contributed by atoms with E-state index in [1.165, 1.54) is 6.08 Å². The van der Waals surface area contributed by atoms with Crippen LogP contribution in [-0.4, -0.2) is 16.1 Å². The van der Waals surface area contributed by atoms with Crippen LogP contribution >= 0.6 is 15.9 Å². The van der Waals surface area contributed by atoms with Crippen molar-refractivity contribution in [1.82, 2.24) is 4.98 Å². The van der Waals surface area contributed by atoms with Crippen LogP contribution in [0.3, 0.4) is 0 Å². The van der Waals surface area contributed by atoms with Crippen LogP contribution in [0.15, 0.2) is 16.7 Å². The van der Waals surface area contributed by atoms with Crippen molar-refractivity contribution in [2.75, 3.05) is 5.73 Å². The highest BCUT2D eigenvalue weighted by Crippen LogP contribution is 2.25. The second-order valence-electron chi connectivity index (χ2n) is 2.69. The molecule has 5 heteroatoms. The number of nitrogens with zero attached hydrogens (tertiary/aromatic N) is 1. The van der Waals surface area contributed by atoms with Crippen molar-refractivity contribution in [3.8, 4) is 0 Å². The molecular formula is C9H9BrN2O2. The van der Waals surface area contributed by atoms with E-state index >= 15 is 0 Å². The summed E-state index contributed by atoms with van der Waals surface area (Å²) in [5, 5.41) is 8.47. The molecule has 0 radical (unpaired) electrons. The molecule has 0 unspecified atom stereocenters. The van der Waals surface area contributed by atoms with Crippen LogP contribution in [0, 0.1) is 6.92 Å². The molecule has 0 atom stereocenters. The lowest BCUT2D eigenvalue weighted by Gasteiger charge is -2.05. The number of nitrogen functional groups attached to an aromatic ring is 1. The minimum atomic E-state index is -1.01. The summed E-state index contributed by atoms with van der Waals surface area (Å²) in [7, 11) is 0. The van der Waals surface area contributed by atoms with Crippen molar-refractivity contribution in [1.29, 1.82) is 0 Å². The van der Waals surface area contributed by atoms with Crippen molar-refractivity contribution < 1.29 is 9.90 Å². The van der Waals surface area contributed by atoms with Gasteiger partial charge in [-0.3, -0.25) is 4.98 Å². The maximum absolute atomic E-state index is 10.3. The van der Waals surface area contributed by atoms with Gasteiger partial charge < -0.3 is 10.8 Å². The minimum absolute atomic E-state index is 0.495. The molecule has 0 aromatic carbocycles. The fourth-order valence-corrected chi connectivity index (χ4v) is 1.30. The van der Waals surface area contributed by atoms with E-state index in [0.29, 0.717) is 21.4 Å². The topological polar surface area (TPSA) is 76.2 Å². The number of rotatable bonds is 2. The van der Waals surface area contributed by atoms with Gasteiger partial charge in [0.1, 0.15) is 0 Å². The molecule has 0 bridgehead atoms. The van der Waals surface area contributed by atoms with Gasteiger partial charge >= 0.3 is 5.97 Å². The minimum Gasteiger partial charge on any atom is -0.478 e. The molecule has 4 nitrogen and oxygen atoms in total. The number of anilines is 1. The van der Waals surface area contributed by atoms with Crippen molar-refractivity contribution >= 4 is 33.7 Å². The SMILES string of the molecule is Cc1ncc(Br)c(N)c1/C=C/C(=O)O. The van der Waals surface area contributed by atoms with Crippen LogP contribution in [0.2, 0.25) is 0 Å². The Balaban J connectivity index is 3.19. The molecule has 1 aromatic rings. The van der Waals surface area contributed by atoms with Gasteiger partial charge in [-0.2, -0.15) is 0 Å². The Bertz CT molecular complexity index is 402. The highest BCUT2D eigenvalue weighted by molar-refractivity contribution is 9.10. The highest BCUT2D eigenvalue weighted by Gasteiger charge is 2.05. The van der Waals surface area contributed by atoms with Crippen LogP contribution in [0.1, 0.15) is 11.3 Å². The molecule has 0 saturated heterocycles. The van der Waals surface area contributed by atoms with Crippen molar-refractivity contribution in [3.63, 3.8) is 0 Å². The Labute approximate surface area is 89.6 Å². The smallest absolute Gasteiger partial charge is 0.328 e. The zero-order valence-corrected chi connectivity index (χ0v) is 9.08. The zero-order valence-electron chi connectivity index (χ0n) is 7.49. The van der Waals surface area contributed by atoms with E-state index in [2.05, 4.69) is 20.9 Å². The van der Waals surface area contributed by atoms with E-state index in [9.17, 15) is 4.79 Å². The van der Waals surface area contributed by atoms with Gasteiger partial charge in [0.15, 0.2) is 0 Å². The first kappa shape index (κ1) is 10.7. The van der Waals surface area contributed by atoms with Gasteiger partial charge in [-0.15, -0.1) is 0 Å². The first-order valence-electron chi connectivity index (χ1n) is 3.84. The molecule has 0 saturated carbocycles. The van der Waals surface area contributed by atoms with E-state index in [4.69, 9.17) is 10.8 Å². The summed E-state index contributed by atoms with van der Waals surface area (Å²) in [6.07, 6.45) is 4.06. The van der Waals surface area contributed by atoms with Crippen LogP contribution in [0.4, 0.5) is 5.69 Å². The predicted molar refractivity (Wildman–Crippen MR) is 57.8 cm³/mol. The van der Waals surface area contributed by atoms with Crippen molar-refractivity contribution in [2.45, 2.75) is 6.92 Å². The first-order valence-corrected chi connectivity index (χ1v) is 4.63. The molecular weight excluding hydrogens is 248 g/mol. The summed E-state index contributed by atoms with van der Waals surface area (Å²) >= 11 is 3.22. The summed E-state index contributed by atoms with van der Waals surface area (Å²) in [5.41, 5.74) is 7.56. The molecule has 1 heterocycles. The van der Waals surface area contributed by atoms with Crippen molar-refractivity contribution in [3.05, 3.63) is 28.0 Å². The van der Waals surface area contributed by atoms with Gasteiger partial charge in [-0.1, -0.05) is 0 Å². The molecule has 0 aliphatic carbocycles. The number of carboxylic acid groups (broad SMARTS) is 1. The number of aromatic nitrogens is 1. The highest BCUT2D eigenvalue weighted by atomic mass is 79.9. The fraction of sp³-hybridized carbons (Fsp3) is 0.111. The van der Waals surface area contributed by atoms with E-state index in [0.717, 1.165) is 6.08 Å². The van der Waals surface area contributed by atoms with Gasteiger partial charge in [0.2, 0.25) is 0 Å². The lowest BCUT2D eigenvalue weighted by atomic mass is 10.1. The number of aryl methyl sites for hydroxylation is 1. The lowest BCUT2D eigenvalue weighted by Crippen LogP contribution is -1.97. The van der Waals surface area contributed by atoms with Gasteiger partial charge in [0.25, 0.3) is 0 Å². The average Bonchev–Trinajstić information content (AvgIpc) is 2.11. The summed E-state index contributed by atoms with van der Waals surface area (Å²) in [4.78, 5) is 14.4. The number of aliphatic carboxylic acids is 1. The van der Waals surface area contributed by atoms with Gasteiger partial charge in [0.05, 0.1) is 10.2 Å². The quantitative estimate of drug-likeness (QED) is 0.792. The molecule has 74 valence electrons. The Morgan fingerprint density at radius 3 is 2.93 bits per heavy atom. The summed E-state index contributed by atoms with van der Waals surface area (Å²) in [6, 6.07) is 0. The Hall–Kier alpha value is -1.36. The number of carboxylic acids is 1. The van der Waals surface area contributed by atoms with Gasteiger partial charge in [-0.05, 0) is 28.9 Å². The van der Waals surface area contributed by atoms with E-state index in [-0.39, 0.29) is 0 Å². The molecule has 0 aliphatic heterocycles. The maximum Gasteiger partial charge on any atom is 0.328 e. The van der Waals surface area contributed by atoms with E-state index < -0.39 is 5.97 Å². The maximum atomic E-state index is 10.3. The standard InChI is InChI=1S/C9H9BrN2O2/c1-5-6(2-3-8(13)14)9(11)7(10)4-12-5/h2-4H,1H3,(H2,11,12)(H,13,14)/b3-2+. The zero-order chi connectivity index (χ0) is 10.7. The number of hydrogen-bond donors (Lipinski definition) is 2. The predicted octanol–water partition coefficient (Wildman–Crippen LogP) is 1.83. The molecule has 0 spiro atoms. The van der Waals surface area contributed by atoms with Crippen LogP contribution < -0.4 is 5.73 Å². The third kappa shape index (κ3) is 2.32. The summed E-state index contributed by atoms with van der Waals surface area (Å²) in [5.74, 6) is -1.01. The number of halogens is 1. The normalized spacial score (nSPS) is 10.7. The third-order valence-corrected chi connectivity index (χ3v) is 2.33. The summed E-state index contributed by atoms with van der Waals surface area (Å²) < 4.78 is 0.660. The third-order valence-electron chi connectivity index (χ3n) is 1.70. The Morgan fingerprint density at radius 2 is 2.36 bits per heavy atom. The largest absolute Gasteiger partial charge is 0.478 e. The average molecular weight is 257 g/mol. The molecule has 0 aliphatic rings. The monoisotopic (exact) mass is 256 g/mol. The summed E-state index contributed by atoms with van der Waals surface area (Å²) in [6.45, 7) is 1.77. The fourth-order valence-electron chi connectivity index (χ4n) is 0.981. The number of carbonyl (C=O) groups is 1. The Kier molecular flexibility index (Phi) is 3.24. The molecule has 1 aromatic heterocycles. The van der Waals surface area contributed by atoms with E-state index in [1.807, 2.05) is 0 Å². The number of nitrogens with two attached hydrogens (primary N) is 1. The second-order valence-corrected chi connectivity index (χ2v) is 3.54. The Morgan fingerprint density at radius 1 is 1.71 bits per heavy atom. The second kappa shape index (κ2) is 4.23. The van der Waals surface area contributed by atoms with Crippen LogP contribution in [0.5, 0.6) is 0 Å². The number of hydrogen-bond acceptors (Lipinski definition) is 3. The van der Waals surface area contributed by atoms with Crippen molar-refractivity contribution in [2.24, 2.45) is 0 Å². The molecule has 1 rings (SSSR count). The van der Waals surface area contributed by atoms with Crippen LogP contribution in [0.25, 0.3) is 6.08 Å². The molecule has 0 amide bonds. The number of pyridine rings is 1. The molecule has 3 N–H and O–H groups in total. The first-order chi connectivity index (χ1) is 6.52. The molecule has 0 fully saturated rings. The van der Waals surface area contributed by atoms with E-state index in [1.54, 1.807) is 13.1 Å².